The molecule has 0 aliphatic heterocycles. The molecule has 0 amide bonds. The molecule has 2 aromatic rings. The lowest BCUT2D eigenvalue weighted by molar-refractivity contribution is 0.0992. The number of Topliss-reactive ketones (excluding diaryl/α,β-unsaturated/α-hetero) is 1. The lowest BCUT2D eigenvalue weighted by Gasteiger charge is -2.19. The number of benzene rings is 2. The van der Waals surface area contributed by atoms with Crippen molar-refractivity contribution in [2.75, 3.05) is 0 Å². The molecule has 1 aliphatic carbocycles. The summed E-state index contributed by atoms with van der Waals surface area (Å²) in [7, 11) is 0. The molecule has 1 aliphatic rings. The van der Waals surface area contributed by atoms with Crippen LogP contribution in [0.25, 0.3) is 11.1 Å². The molecular weight excluding hydrogens is 208 g/mol. The summed E-state index contributed by atoms with van der Waals surface area (Å²) in [6, 6.07) is 14.4. The molecule has 0 fully saturated rings. The molecule has 0 saturated carbocycles. The Morgan fingerprint density at radius 3 is 2.53 bits per heavy atom. The topological polar surface area (TPSA) is 17.1 Å². The summed E-state index contributed by atoms with van der Waals surface area (Å²) in [5, 5.41) is 0. The Bertz CT molecular complexity index is 596. The minimum atomic E-state index is 0.237. The smallest absolute Gasteiger partial charge is 0.167 e. The quantitative estimate of drug-likeness (QED) is 0.719. The van der Waals surface area contributed by atoms with Gasteiger partial charge in [-0.15, -0.1) is 0 Å². The number of fused-ring (bicyclic) bond motifs is 3. The summed E-state index contributed by atoms with van der Waals surface area (Å²) in [5.41, 5.74) is 5.65. The standard InChI is InChI=1S/C16H14O/c1-2-11-7-8-13-12(9-11)10-16(17)15-6-4-3-5-14(13)15/h3-9H,2,10H2,1H3. The van der Waals surface area contributed by atoms with Crippen LogP contribution in [0, 0.1) is 0 Å². The molecule has 17 heavy (non-hydrogen) atoms. The highest BCUT2D eigenvalue weighted by molar-refractivity contribution is 6.07. The number of carbonyl (C=O) groups is 1. The van der Waals surface area contributed by atoms with Gasteiger partial charge in [-0.1, -0.05) is 49.4 Å². The average molecular weight is 222 g/mol. The highest BCUT2D eigenvalue weighted by atomic mass is 16.1. The Kier molecular flexibility index (Phi) is 2.32. The molecule has 0 heterocycles. The molecule has 0 atom stereocenters. The third kappa shape index (κ3) is 1.59. The van der Waals surface area contributed by atoms with Gasteiger partial charge in [0.1, 0.15) is 0 Å². The van der Waals surface area contributed by atoms with Crippen LogP contribution in [0.4, 0.5) is 0 Å². The van der Waals surface area contributed by atoms with Crippen molar-refractivity contribution in [1.82, 2.24) is 0 Å². The highest BCUT2D eigenvalue weighted by Gasteiger charge is 2.21. The zero-order chi connectivity index (χ0) is 11.8. The second kappa shape index (κ2) is 3.85. The molecule has 0 unspecified atom stereocenters. The van der Waals surface area contributed by atoms with Crippen molar-refractivity contribution in [3.63, 3.8) is 0 Å². The van der Waals surface area contributed by atoms with Gasteiger partial charge in [-0.05, 0) is 28.7 Å². The fourth-order valence-electron chi connectivity index (χ4n) is 2.51. The Labute approximate surface area is 101 Å². The third-order valence-electron chi connectivity index (χ3n) is 3.45. The lowest BCUT2D eigenvalue weighted by atomic mass is 9.84. The largest absolute Gasteiger partial charge is 0.294 e. The van der Waals surface area contributed by atoms with Gasteiger partial charge >= 0.3 is 0 Å². The van der Waals surface area contributed by atoms with Gasteiger partial charge in [-0.25, -0.2) is 0 Å². The van der Waals surface area contributed by atoms with Crippen LogP contribution in [-0.4, -0.2) is 5.78 Å². The number of carbonyl (C=O) groups excluding carboxylic acids is 1. The van der Waals surface area contributed by atoms with Crippen LogP contribution in [0.15, 0.2) is 42.5 Å². The molecule has 0 spiro atoms. The van der Waals surface area contributed by atoms with Crippen molar-refractivity contribution >= 4 is 5.78 Å². The van der Waals surface area contributed by atoms with Crippen molar-refractivity contribution in [3.8, 4) is 11.1 Å². The lowest BCUT2D eigenvalue weighted by Crippen LogP contribution is -2.12. The summed E-state index contributed by atoms with van der Waals surface area (Å²) in [4.78, 5) is 12.0. The Balaban J connectivity index is 2.24. The zero-order valence-electron chi connectivity index (χ0n) is 9.86. The van der Waals surface area contributed by atoms with E-state index in [4.69, 9.17) is 0 Å². The fraction of sp³-hybridized carbons (Fsp3) is 0.188. The van der Waals surface area contributed by atoms with Gasteiger partial charge in [0.15, 0.2) is 5.78 Å². The van der Waals surface area contributed by atoms with Gasteiger partial charge in [-0.2, -0.15) is 0 Å². The number of hydrogen-bond donors (Lipinski definition) is 0. The van der Waals surface area contributed by atoms with E-state index in [2.05, 4.69) is 25.1 Å². The van der Waals surface area contributed by atoms with E-state index in [1.807, 2.05) is 24.3 Å². The molecule has 3 rings (SSSR count). The minimum Gasteiger partial charge on any atom is -0.294 e. The summed E-state index contributed by atoms with van der Waals surface area (Å²) >= 11 is 0. The van der Waals surface area contributed by atoms with Gasteiger partial charge in [0.25, 0.3) is 0 Å². The molecule has 2 aromatic carbocycles. The van der Waals surface area contributed by atoms with E-state index in [1.54, 1.807) is 0 Å². The number of rotatable bonds is 1. The first-order valence-electron chi connectivity index (χ1n) is 6.04. The maximum Gasteiger partial charge on any atom is 0.167 e. The molecule has 1 heteroatoms. The molecule has 1 nitrogen and oxygen atoms in total. The maximum absolute atomic E-state index is 12.0. The van der Waals surface area contributed by atoms with Gasteiger partial charge in [0.05, 0.1) is 0 Å². The van der Waals surface area contributed by atoms with Crippen molar-refractivity contribution in [3.05, 3.63) is 59.2 Å². The van der Waals surface area contributed by atoms with E-state index in [0.717, 1.165) is 17.5 Å². The molecule has 0 radical (unpaired) electrons. The maximum atomic E-state index is 12.0. The second-order valence-electron chi connectivity index (χ2n) is 4.49. The highest BCUT2D eigenvalue weighted by Crippen LogP contribution is 2.33. The van der Waals surface area contributed by atoms with Crippen molar-refractivity contribution < 1.29 is 4.79 Å². The van der Waals surface area contributed by atoms with Crippen LogP contribution in [0.1, 0.15) is 28.4 Å². The van der Waals surface area contributed by atoms with Crippen LogP contribution >= 0.6 is 0 Å². The van der Waals surface area contributed by atoms with E-state index in [9.17, 15) is 4.79 Å². The van der Waals surface area contributed by atoms with Crippen molar-refractivity contribution in [1.29, 1.82) is 0 Å². The van der Waals surface area contributed by atoms with E-state index < -0.39 is 0 Å². The first-order valence-corrected chi connectivity index (χ1v) is 6.04. The second-order valence-corrected chi connectivity index (χ2v) is 4.49. The Morgan fingerprint density at radius 1 is 1.00 bits per heavy atom. The van der Waals surface area contributed by atoms with Crippen LogP contribution < -0.4 is 0 Å². The van der Waals surface area contributed by atoms with Crippen molar-refractivity contribution in [2.45, 2.75) is 19.8 Å². The summed E-state index contributed by atoms with van der Waals surface area (Å²) in [6.07, 6.45) is 1.56. The molecule has 0 saturated heterocycles. The molecule has 0 N–H and O–H groups in total. The molecular formula is C16H14O. The zero-order valence-corrected chi connectivity index (χ0v) is 9.86. The number of aryl methyl sites for hydroxylation is 1. The van der Waals surface area contributed by atoms with Gasteiger partial charge < -0.3 is 0 Å². The van der Waals surface area contributed by atoms with Crippen molar-refractivity contribution in [2.24, 2.45) is 0 Å². The monoisotopic (exact) mass is 222 g/mol. The summed E-state index contributed by atoms with van der Waals surface area (Å²) < 4.78 is 0. The first-order chi connectivity index (χ1) is 8.29. The normalized spacial score (nSPS) is 13.1. The molecule has 0 aromatic heterocycles. The van der Waals surface area contributed by atoms with E-state index in [0.29, 0.717) is 6.42 Å². The predicted molar refractivity (Wildman–Crippen MR) is 69.3 cm³/mol. The molecule has 84 valence electrons. The predicted octanol–water partition coefficient (Wildman–Crippen LogP) is 3.65. The van der Waals surface area contributed by atoms with Crippen LogP contribution in [-0.2, 0) is 12.8 Å². The fourth-order valence-corrected chi connectivity index (χ4v) is 2.51. The minimum absolute atomic E-state index is 0.237. The average Bonchev–Trinajstić information content (AvgIpc) is 2.38. The Hall–Kier alpha value is -1.89. The third-order valence-corrected chi connectivity index (χ3v) is 3.45. The van der Waals surface area contributed by atoms with Gasteiger partial charge in [0, 0.05) is 12.0 Å². The van der Waals surface area contributed by atoms with Gasteiger partial charge in [-0.3, -0.25) is 4.79 Å². The van der Waals surface area contributed by atoms with Crippen LogP contribution in [0.2, 0.25) is 0 Å². The number of ketones is 1. The first kappa shape index (κ1) is 10.3. The Morgan fingerprint density at radius 2 is 1.76 bits per heavy atom. The van der Waals surface area contributed by atoms with Crippen LogP contribution in [0.5, 0.6) is 0 Å². The van der Waals surface area contributed by atoms with Gasteiger partial charge in [0.2, 0.25) is 0 Å². The van der Waals surface area contributed by atoms with E-state index in [1.165, 1.54) is 16.7 Å². The SMILES string of the molecule is CCc1ccc2c(c1)CC(=O)c1ccccc1-2. The number of hydrogen-bond acceptors (Lipinski definition) is 1. The van der Waals surface area contributed by atoms with E-state index in [-0.39, 0.29) is 5.78 Å². The molecule has 0 bridgehead atoms. The summed E-state index contributed by atoms with van der Waals surface area (Å²) in [6.45, 7) is 2.14. The van der Waals surface area contributed by atoms with E-state index >= 15 is 0 Å². The van der Waals surface area contributed by atoms with Crippen LogP contribution in [0.3, 0.4) is 0 Å². The summed E-state index contributed by atoms with van der Waals surface area (Å²) in [5.74, 6) is 0.237.